The van der Waals surface area contributed by atoms with E-state index in [0.717, 1.165) is 21.3 Å². The number of fused-ring (bicyclic) bond motifs is 1. The van der Waals surface area contributed by atoms with Crippen molar-refractivity contribution in [3.63, 3.8) is 0 Å². The zero-order chi connectivity index (χ0) is 20.4. The average Bonchev–Trinajstić information content (AvgIpc) is 2.72. The molecule has 0 aliphatic carbocycles. The van der Waals surface area contributed by atoms with Gasteiger partial charge in [0, 0.05) is 10.2 Å². The summed E-state index contributed by atoms with van der Waals surface area (Å²) >= 11 is 3.47. The van der Waals surface area contributed by atoms with Gasteiger partial charge in [0.1, 0.15) is 6.04 Å². The van der Waals surface area contributed by atoms with Crippen molar-refractivity contribution in [2.75, 3.05) is 4.90 Å². The van der Waals surface area contributed by atoms with Crippen LogP contribution in [0.4, 0.5) is 5.69 Å². The number of rotatable bonds is 5. The molecule has 0 bridgehead atoms. The van der Waals surface area contributed by atoms with Crippen molar-refractivity contribution in [1.29, 1.82) is 0 Å². The van der Waals surface area contributed by atoms with E-state index in [2.05, 4.69) is 20.7 Å². The van der Waals surface area contributed by atoms with Crippen LogP contribution in [0, 0.1) is 0 Å². The fraction of sp³-hybridized carbons (Fsp3) is 0.136. The first-order valence-electron chi connectivity index (χ1n) is 9.15. The molecule has 5 nitrogen and oxygen atoms in total. The Kier molecular flexibility index (Phi) is 5.54. The third-order valence-corrected chi connectivity index (χ3v) is 6.84. The maximum absolute atomic E-state index is 13.3. The van der Waals surface area contributed by atoms with Crippen LogP contribution < -0.4 is 9.62 Å². The van der Waals surface area contributed by atoms with E-state index in [1.54, 1.807) is 23.1 Å². The molecular formula is C22H19BrN2O3S. The quantitative estimate of drug-likeness (QED) is 0.614. The fourth-order valence-corrected chi connectivity index (χ4v) is 5.09. The van der Waals surface area contributed by atoms with Crippen LogP contribution in [0.2, 0.25) is 0 Å². The molecule has 1 atom stereocenters. The molecule has 4 rings (SSSR count). The van der Waals surface area contributed by atoms with E-state index in [1.807, 2.05) is 48.5 Å². The number of carbonyl (C=O) groups excluding carboxylic acids is 1. The molecule has 3 aromatic carbocycles. The van der Waals surface area contributed by atoms with E-state index < -0.39 is 16.1 Å². The van der Waals surface area contributed by atoms with E-state index in [1.165, 1.54) is 12.1 Å². The summed E-state index contributed by atoms with van der Waals surface area (Å²) in [7, 11) is -3.81. The molecule has 1 aliphatic rings. The number of benzene rings is 3. The number of hydrogen-bond acceptors (Lipinski definition) is 3. The van der Waals surface area contributed by atoms with E-state index in [4.69, 9.17) is 0 Å². The summed E-state index contributed by atoms with van der Waals surface area (Å²) in [6.45, 7) is 0.373. The molecule has 1 heterocycles. The molecule has 0 spiro atoms. The van der Waals surface area contributed by atoms with Crippen molar-refractivity contribution in [3.8, 4) is 0 Å². The van der Waals surface area contributed by atoms with Gasteiger partial charge >= 0.3 is 0 Å². The lowest BCUT2D eigenvalue weighted by atomic mass is 9.97. The van der Waals surface area contributed by atoms with Gasteiger partial charge in [-0.1, -0.05) is 64.5 Å². The lowest BCUT2D eigenvalue weighted by molar-refractivity contribution is -0.120. The second-order valence-electron chi connectivity index (χ2n) is 6.87. The van der Waals surface area contributed by atoms with Crippen molar-refractivity contribution < 1.29 is 13.2 Å². The summed E-state index contributed by atoms with van der Waals surface area (Å²) in [5.74, 6) is -0.261. The van der Waals surface area contributed by atoms with Gasteiger partial charge in [-0.3, -0.25) is 4.79 Å². The Bertz CT molecular complexity index is 1140. The van der Waals surface area contributed by atoms with Crippen LogP contribution in [0.5, 0.6) is 0 Å². The Labute approximate surface area is 178 Å². The van der Waals surface area contributed by atoms with Gasteiger partial charge in [-0.2, -0.15) is 4.72 Å². The molecule has 0 radical (unpaired) electrons. The molecule has 0 saturated carbocycles. The van der Waals surface area contributed by atoms with Crippen molar-refractivity contribution >= 4 is 37.5 Å². The molecule has 1 N–H and O–H groups in total. The summed E-state index contributed by atoms with van der Waals surface area (Å²) in [6.07, 6.45) is 0.297. The molecular weight excluding hydrogens is 452 g/mol. The van der Waals surface area contributed by atoms with Crippen LogP contribution >= 0.6 is 15.9 Å². The van der Waals surface area contributed by atoms with Gasteiger partial charge in [0.15, 0.2) is 0 Å². The monoisotopic (exact) mass is 470 g/mol. The zero-order valence-corrected chi connectivity index (χ0v) is 17.9. The summed E-state index contributed by atoms with van der Waals surface area (Å²) in [4.78, 5) is 15.1. The number of amides is 1. The maximum atomic E-state index is 13.3. The smallest absolute Gasteiger partial charge is 0.245 e. The standard InChI is InChI=1S/C22H19BrN2O3S/c23-18-11-12-21-17(13-18)14-20(24-29(27,28)19-9-5-2-6-10-19)22(26)25(21)15-16-7-3-1-4-8-16/h1-13,20,24H,14-15H2. The highest BCUT2D eigenvalue weighted by atomic mass is 79.9. The first-order valence-corrected chi connectivity index (χ1v) is 11.4. The number of halogens is 1. The van der Waals surface area contributed by atoms with Crippen molar-refractivity contribution in [2.24, 2.45) is 0 Å². The lowest BCUT2D eigenvalue weighted by Gasteiger charge is -2.34. The van der Waals surface area contributed by atoms with Crippen LogP contribution in [0.15, 0.2) is 88.2 Å². The van der Waals surface area contributed by atoms with Crippen LogP contribution in [0.3, 0.4) is 0 Å². The van der Waals surface area contributed by atoms with Crippen LogP contribution in [-0.4, -0.2) is 20.4 Å². The van der Waals surface area contributed by atoms with Crippen LogP contribution in [0.1, 0.15) is 11.1 Å². The number of nitrogens with one attached hydrogen (secondary N) is 1. The Morgan fingerprint density at radius 2 is 1.62 bits per heavy atom. The van der Waals surface area contributed by atoms with Crippen LogP contribution in [-0.2, 0) is 27.8 Å². The molecule has 7 heteroatoms. The first kappa shape index (κ1) is 19.8. The minimum atomic E-state index is -3.81. The molecule has 1 aliphatic heterocycles. The highest BCUT2D eigenvalue weighted by Gasteiger charge is 2.35. The van der Waals surface area contributed by atoms with E-state index in [-0.39, 0.29) is 10.8 Å². The Hall–Kier alpha value is -2.48. The first-order chi connectivity index (χ1) is 13.9. The second-order valence-corrected chi connectivity index (χ2v) is 9.50. The highest BCUT2D eigenvalue weighted by Crippen LogP contribution is 2.32. The molecule has 29 heavy (non-hydrogen) atoms. The second kappa shape index (κ2) is 8.10. The third kappa shape index (κ3) is 4.27. The number of hydrogen-bond donors (Lipinski definition) is 1. The average molecular weight is 471 g/mol. The zero-order valence-electron chi connectivity index (χ0n) is 15.5. The van der Waals surface area contributed by atoms with E-state index in [0.29, 0.717) is 13.0 Å². The van der Waals surface area contributed by atoms with Gasteiger partial charge in [0.2, 0.25) is 15.9 Å². The Morgan fingerprint density at radius 3 is 2.31 bits per heavy atom. The summed E-state index contributed by atoms with van der Waals surface area (Å²) in [6, 6.07) is 22.6. The topological polar surface area (TPSA) is 66.5 Å². The highest BCUT2D eigenvalue weighted by molar-refractivity contribution is 9.10. The third-order valence-electron chi connectivity index (χ3n) is 4.85. The number of nitrogens with zero attached hydrogens (tertiary/aromatic N) is 1. The normalized spacial score (nSPS) is 16.5. The van der Waals surface area contributed by atoms with Gasteiger partial charge in [0.25, 0.3) is 0 Å². The number of sulfonamides is 1. The minimum Gasteiger partial charge on any atom is -0.306 e. The largest absolute Gasteiger partial charge is 0.306 e. The molecule has 1 unspecified atom stereocenters. The summed E-state index contributed by atoms with van der Waals surface area (Å²) in [5.41, 5.74) is 2.69. The van der Waals surface area contributed by atoms with Gasteiger partial charge in [-0.05, 0) is 47.9 Å². The fourth-order valence-electron chi connectivity index (χ4n) is 3.47. The molecule has 0 fully saturated rings. The van der Waals surface area contributed by atoms with Crippen molar-refractivity contribution in [2.45, 2.75) is 23.9 Å². The number of carbonyl (C=O) groups is 1. The Balaban J connectivity index is 1.68. The lowest BCUT2D eigenvalue weighted by Crippen LogP contribution is -2.52. The van der Waals surface area contributed by atoms with Crippen molar-refractivity contribution in [1.82, 2.24) is 4.72 Å². The summed E-state index contributed by atoms with van der Waals surface area (Å²) < 4.78 is 29.1. The molecule has 148 valence electrons. The Morgan fingerprint density at radius 1 is 0.966 bits per heavy atom. The van der Waals surface area contributed by atoms with E-state index >= 15 is 0 Å². The molecule has 0 saturated heterocycles. The van der Waals surface area contributed by atoms with Crippen molar-refractivity contribution in [3.05, 3.63) is 94.5 Å². The molecule has 3 aromatic rings. The van der Waals surface area contributed by atoms with Gasteiger partial charge in [-0.15, -0.1) is 0 Å². The van der Waals surface area contributed by atoms with Gasteiger partial charge in [-0.25, -0.2) is 8.42 Å². The predicted molar refractivity (Wildman–Crippen MR) is 116 cm³/mol. The predicted octanol–water partition coefficient (Wildman–Crippen LogP) is 3.89. The summed E-state index contributed by atoms with van der Waals surface area (Å²) in [5, 5.41) is 0. The maximum Gasteiger partial charge on any atom is 0.245 e. The molecule has 0 aromatic heterocycles. The number of anilines is 1. The van der Waals surface area contributed by atoms with E-state index in [9.17, 15) is 13.2 Å². The van der Waals surface area contributed by atoms with Crippen LogP contribution in [0.25, 0.3) is 0 Å². The van der Waals surface area contributed by atoms with Gasteiger partial charge < -0.3 is 4.90 Å². The van der Waals surface area contributed by atoms with Gasteiger partial charge in [0.05, 0.1) is 11.4 Å². The SMILES string of the molecule is O=C1C(NS(=O)(=O)c2ccccc2)Cc2cc(Br)ccc2N1Cc1ccccc1. The molecule has 1 amide bonds. The minimum absolute atomic E-state index is 0.141.